The van der Waals surface area contributed by atoms with Gasteiger partial charge in [-0.1, -0.05) is 12.1 Å². The minimum absolute atomic E-state index is 0.0786. The Hall–Kier alpha value is -3.84. The SMILES string of the molecule is CC[C@H]1CN(C(=O)Nc2ccc(OC)c(C(F)(F)F)n2)CCN1c1nc(N)nc2c(C)noc12. The molecule has 14 heteroatoms. The zero-order valence-corrected chi connectivity index (χ0v) is 18.7. The highest BCUT2D eigenvalue weighted by Crippen LogP contribution is 2.35. The molecule has 11 nitrogen and oxygen atoms in total. The number of pyridine rings is 1. The highest BCUT2D eigenvalue weighted by Gasteiger charge is 2.37. The molecule has 2 amide bonds. The molecule has 3 N–H and O–H groups in total. The van der Waals surface area contributed by atoms with Crippen LogP contribution in [0, 0.1) is 6.92 Å². The number of methoxy groups -OCH3 is 1. The Morgan fingerprint density at radius 2 is 2.06 bits per heavy atom. The Labute approximate surface area is 192 Å². The predicted molar refractivity (Wildman–Crippen MR) is 117 cm³/mol. The molecule has 1 aliphatic heterocycles. The van der Waals surface area contributed by atoms with Gasteiger partial charge in [-0.2, -0.15) is 18.2 Å². The van der Waals surface area contributed by atoms with Gasteiger partial charge in [0.25, 0.3) is 0 Å². The van der Waals surface area contributed by atoms with E-state index in [2.05, 4.69) is 25.4 Å². The molecule has 0 saturated carbocycles. The van der Waals surface area contributed by atoms with E-state index in [-0.39, 0.29) is 24.4 Å². The third-order valence-electron chi connectivity index (χ3n) is 5.58. The van der Waals surface area contributed by atoms with E-state index >= 15 is 0 Å². The second-order valence-corrected chi connectivity index (χ2v) is 7.73. The lowest BCUT2D eigenvalue weighted by Gasteiger charge is -2.41. The number of halogens is 3. The number of ether oxygens (including phenoxy) is 1. The summed E-state index contributed by atoms with van der Waals surface area (Å²) in [6.45, 7) is 4.67. The maximum absolute atomic E-state index is 13.2. The molecule has 0 unspecified atom stereocenters. The van der Waals surface area contributed by atoms with E-state index in [1.165, 1.54) is 11.0 Å². The highest BCUT2D eigenvalue weighted by molar-refractivity contribution is 5.89. The van der Waals surface area contributed by atoms with Gasteiger partial charge in [0.15, 0.2) is 11.5 Å². The molecule has 0 aromatic carbocycles. The number of nitrogens with two attached hydrogens (primary N) is 1. The minimum Gasteiger partial charge on any atom is -0.494 e. The Balaban J connectivity index is 1.52. The summed E-state index contributed by atoms with van der Waals surface area (Å²) in [5.41, 5.74) is 6.18. The van der Waals surface area contributed by atoms with E-state index in [9.17, 15) is 18.0 Å². The molecule has 3 aromatic rings. The minimum atomic E-state index is -4.73. The third-order valence-corrected chi connectivity index (χ3v) is 5.58. The van der Waals surface area contributed by atoms with Crippen LogP contribution in [0.25, 0.3) is 11.1 Å². The number of hydrogen-bond acceptors (Lipinski definition) is 9. The summed E-state index contributed by atoms with van der Waals surface area (Å²) in [5.74, 6) is -0.0872. The topological polar surface area (TPSA) is 136 Å². The lowest BCUT2D eigenvalue weighted by atomic mass is 10.1. The number of piperazine rings is 1. The fraction of sp³-hybridized carbons (Fsp3) is 0.450. The Morgan fingerprint density at radius 3 is 2.74 bits per heavy atom. The lowest BCUT2D eigenvalue weighted by molar-refractivity contribution is -0.142. The molecule has 4 rings (SSSR count). The first kappa shape index (κ1) is 23.3. The summed E-state index contributed by atoms with van der Waals surface area (Å²) in [6.07, 6.45) is -4.07. The van der Waals surface area contributed by atoms with Gasteiger partial charge in [0.2, 0.25) is 11.5 Å². The molecule has 3 aromatic heterocycles. The number of carbonyl (C=O) groups is 1. The molecule has 182 valence electrons. The van der Waals surface area contributed by atoms with Gasteiger partial charge in [-0.15, -0.1) is 0 Å². The number of hydrogen-bond donors (Lipinski definition) is 2. The predicted octanol–water partition coefficient (Wildman–Crippen LogP) is 3.06. The maximum atomic E-state index is 13.2. The summed E-state index contributed by atoms with van der Waals surface area (Å²) in [5, 5.41) is 6.38. The number of anilines is 3. The quantitative estimate of drug-likeness (QED) is 0.577. The molecule has 0 aliphatic carbocycles. The number of nitrogens with zero attached hydrogens (tertiary/aromatic N) is 6. The van der Waals surface area contributed by atoms with Crippen molar-refractivity contribution in [2.45, 2.75) is 32.5 Å². The number of nitrogen functional groups attached to an aromatic ring is 1. The van der Waals surface area contributed by atoms with Gasteiger partial charge in [-0.3, -0.25) is 5.32 Å². The molecular formula is C20H23F3N8O3. The van der Waals surface area contributed by atoms with E-state index < -0.39 is 23.7 Å². The molecule has 1 saturated heterocycles. The number of rotatable bonds is 4. The van der Waals surface area contributed by atoms with Gasteiger partial charge in [-0.25, -0.2) is 14.8 Å². The monoisotopic (exact) mass is 480 g/mol. The van der Waals surface area contributed by atoms with E-state index in [1.807, 2.05) is 11.8 Å². The number of carbonyl (C=O) groups excluding carboxylic acids is 1. The summed E-state index contributed by atoms with van der Waals surface area (Å²) >= 11 is 0. The summed E-state index contributed by atoms with van der Waals surface area (Å²) in [7, 11) is 1.12. The molecule has 1 fully saturated rings. The number of amides is 2. The number of fused-ring (bicyclic) bond motifs is 1. The molecule has 0 spiro atoms. The summed E-state index contributed by atoms with van der Waals surface area (Å²) in [6, 6.07) is 1.65. The fourth-order valence-corrected chi connectivity index (χ4v) is 3.88. The first-order valence-corrected chi connectivity index (χ1v) is 10.5. The Morgan fingerprint density at radius 1 is 1.29 bits per heavy atom. The van der Waals surface area contributed by atoms with Crippen LogP contribution in [-0.2, 0) is 6.18 Å². The zero-order valence-electron chi connectivity index (χ0n) is 18.7. The van der Waals surface area contributed by atoms with Gasteiger partial charge < -0.3 is 24.8 Å². The molecule has 4 heterocycles. The van der Waals surface area contributed by atoms with Crippen molar-refractivity contribution in [3.05, 3.63) is 23.5 Å². The second-order valence-electron chi connectivity index (χ2n) is 7.73. The number of nitrogens with one attached hydrogen (secondary N) is 1. The Bertz CT molecular complexity index is 1220. The average Bonchev–Trinajstić information content (AvgIpc) is 3.17. The van der Waals surface area contributed by atoms with Crippen LogP contribution in [0.3, 0.4) is 0 Å². The van der Waals surface area contributed by atoms with Crippen molar-refractivity contribution in [3.63, 3.8) is 0 Å². The average molecular weight is 480 g/mol. The number of urea groups is 1. The zero-order chi connectivity index (χ0) is 24.6. The van der Waals surface area contributed by atoms with Gasteiger partial charge >= 0.3 is 12.2 Å². The van der Waals surface area contributed by atoms with Gasteiger partial charge in [0.1, 0.15) is 22.8 Å². The summed E-state index contributed by atoms with van der Waals surface area (Å²) < 4.78 is 49.9. The third kappa shape index (κ3) is 4.34. The van der Waals surface area contributed by atoms with Crippen LogP contribution in [0.15, 0.2) is 16.7 Å². The van der Waals surface area contributed by atoms with Crippen molar-refractivity contribution < 1.29 is 27.2 Å². The smallest absolute Gasteiger partial charge is 0.437 e. The van der Waals surface area contributed by atoms with Crippen molar-refractivity contribution in [2.24, 2.45) is 0 Å². The first-order chi connectivity index (χ1) is 16.1. The van der Waals surface area contributed by atoms with Gasteiger partial charge in [0, 0.05) is 25.7 Å². The van der Waals surface area contributed by atoms with E-state index in [4.69, 9.17) is 15.0 Å². The van der Waals surface area contributed by atoms with E-state index in [1.54, 1.807) is 6.92 Å². The Kier molecular flexibility index (Phi) is 6.06. The van der Waals surface area contributed by atoms with Crippen LogP contribution in [-0.4, -0.2) is 63.8 Å². The van der Waals surface area contributed by atoms with Crippen LogP contribution >= 0.6 is 0 Å². The maximum Gasteiger partial charge on any atom is 0.437 e. The van der Waals surface area contributed by atoms with Crippen LogP contribution < -0.4 is 20.7 Å². The molecule has 0 radical (unpaired) electrons. The van der Waals surface area contributed by atoms with Crippen LogP contribution in [0.5, 0.6) is 5.75 Å². The number of aryl methyl sites for hydroxylation is 1. The van der Waals surface area contributed by atoms with Gasteiger partial charge in [-0.05, 0) is 25.5 Å². The fourth-order valence-electron chi connectivity index (χ4n) is 3.88. The van der Waals surface area contributed by atoms with E-state index in [0.717, 1.165) is 13.2 Å². The van der Waals surface area contributed by atoms with Crippen LogP contribution in [0.1, 0.15) is 24.7 Å². The van der Waals surface area contributed by atoms with Gasteiger partial charge in [0.05, 0.1) is 7.11 Å². The molecule has 1 atom stereocenters. The molecule has 1 aliphatic rings. The van der Waals surface area contributed by atoms with Crippen molar-refractivity contribution >= 4 is 34.7 Å². The van der Waals surface area contributed by atoms with Crippen molar-refractivity contribution in [1.29, 1.82) is 0 Å². The van der Waals surface area contributed by atoms with Crippen LogP contribution in [0.4, 0.5) is 35.5 Å². The normalized spacial score (nSPS) is 16.7. The molecular weight excluding hydrogens is 457 g/mol. The summed E-state index contributed by atoms with van der Waals surface area (Å²) in [4.78, 5) is 28.4. The highest BCUT2D eigenvalue weighted by atomic mass is 19.4. The number of alkyl halides is 3. The number of aromatic nitrogens is 4. The van der Waals surface area contributed by atoms with Crippen molar-refractivity contribution in [3.8, 4) is 5.75 Å². The van der Waals surface area contributed by atoms with Crippen molar-refractivity contribution in [1.82, 2.24) is 25.0 Å². The largest absolute Gasteiger partial charge is 0.494 e. The second kappa shape index (κ2) is 8.83. The molecule has 0 bridgehead atoms. The van der Waals surface area contributed by atoms with Crippen LogP contribution in [0.2, 0.25) is 0 Å². The van der Waals surface area contributed by atoms with E-state index in [0.29, 0.717) is 42.1 Å². The standard InChI is InChI=1S/C20H23F3N8O3/c1-4-11-9-30(19(32)26-13-6-5-12(33-3)16(25-13)20(21,22)23)7-8-31(11)17-15-14(10(2)29-34-15)27-18(24)28-17/h5-6,11H,4,7-9H2,1-3H3,(H2,24,27,28)(H,25,26,32)/t11-/m0/s1. The van der Waals surface area contributed by atoms with Crippen molar-refractivity contribution in [2.75, 3.05) is 42.7 Å². The lowest BCUT2D eigenvalue weighted by Crippen LogP contribution is -2.56. The first-order valence-electron chi connectivity index (χ1n) is 10.5. The molecule has 34 heavy (non-hydrogen) atoms.